The van der Waals surface area contributed by atoms with Gasteiger partial charge >= 0.3 is 0 Å². The average molecular weight is 548 g/mol. The summed E-state index contributed by atoms with van der Waals surface area (Å²) in [6.07, 6.45) is 18.4. The lowest BCUT2D eigenvalue weighted by atomic mass is 10.00. The van der Waals surface area contributed by atoms with Crippen molar-refractivity contribution in [3.05, 3.63) is 35.9 Å². The molecule has 5 atom stereocenters. The Kier molecular flexibility index (Phi) is 15.3. The first kappa shape index (κ1) is 32.5. The van der Waals surface area contributed by atoms with Crippen LogP contribution in [0.5, 0.6) is 0 Å². The van der Waals surface area contributed by atoms with Gasteiger partial charge in [0.05, 0.1) is 6.61 Å². The van der Waals surface area contributed by atoms with Gasteiger partial charge in [-0.2, -0.15) is 0 Å². The van der Waals surface area contributed by atoms with Gasteiger partial charge in [0, 0.05) is 12.6 Å². The highest BCUT2D eigenvalue weighted by atomic mass is 16.8. The van der Waals surface area contributed by atoms with Gasteiger partial charge in [-0.25, -0.2) is 0 Å². The SMILES string of the molecule is CCCCCCCCCCCCCCCCNC(CCO)C1OC2OC(C)(C)OC2[C@@H]1OCc1ccccc1. The van der Waals surface area contributed by atoms with Crippen molar-refractivity contribution in [1.82, 2.24) is 5.32 Å². The van der Waals surface area contributed by atoms with Gasteiger partial charge in [0.1, 0.15) is 18.3 Å². The molecule has 2 saturated heterocycles. The molecule has 1 aromatic rings. The first-order valence-electron chi connectivity index (χ1n) is 16.0. The van der Waals surface area contributed by atoms with E-state index < -0.39 is 12.1 Å². The normalized spacial score (nSPS) is 24.7. The molecule has 0 radical (unpaired) electrons. The van der Waals surface area contributed by atoms with Crippen LogP contribution in [0.25, 0.3) is 0 Å². The van der Waals surface area contributed by atoms with Gasteiger partial charge in [-0.3, -0.25) is 0 Å². The molecule has 0 saturated carbocycles. The van der Waals surface area contributed by atoms with Crippen molar-refractivity contribution in [2.24, 2.45) is 0 Å². The van der Waals surface area contributed by atoms with E-state index in [9.17, 15) is 5.11 Å². The van der Waals surface area contributed by atoms with Crippen molar-refractivity contribution >= 4 is 0 Å². The summed E-state index contributed by atoms with van der Waals surface area (Å²) in [7, 11) is 0. The van der Waals surface area contributed by atoms with Gasteiger partial charge in [-0.1, -0.05) is 121 Å². The molecule has 6 heteroatoms. The van der Waals surface area contributed by atoms with E-state index >= 15 is 0 Å². The molecular formula is C33H57NO5. The molecule has 2 aliphatic rings. The fourth-order valence-electron chi connectivity index (χ4n) is 5.91. The number of unbranched alkanes of at least 4 members (excludes halogenated alkanes) is 13. The predicted molar refractivity (Wildman–Crippen MR) is 158 cm³/mol. The van der Waals surface area contributed by atoms with Crippen LogP contribution in [0.4, 0.5) is 0 Å². The monoisotopic (exact) mass is 547 g/mol. The van der Waals surface area contributed by atoms with Gasteiger partial charge in [-0.05, 0) is 38.8 Å². The minimum atomic E-state index is -0.692. The Morgan fingerprint density at radius 3 is 2.03 bits per heavy atom. The highest BCUT2D eigenvalue weighted by Crippen LogP contribution is 2.40. The van der Waals surface area contributed by atoms with Crippen LogP contribution in [0.2, 0.25) is 0 Å². The molecule has 1 aromatic carbocycles. The fourth-order valence-corrected chi connectivity index (χ4v) is 5.91. The third-order valence-electron chi connectivity index (χ3n) is 8.09. The van der Waals surface area contributed by atoms with Crippen LogP contribution in [0.1, 0.15) is 123 Å². The molecule has 2 fully saturated rings. The largest absolute Gasteiger partial charge is 0.396 e. The summed E-state index contributed by atoms with van der Waals surface area (Å²) in [4.78, 5) is 0. The summed E-state index contributed by atoms with van der Waals surface area (Å²) in [6, 6.07) is 10.2. The van der Waals surface area contributed by atoms with Crippen molar-refractivity contribution in [2.75, 3.05) is 13.2 Å². The van der Waals surface area contributed by atoms with Crippen molar-refractivity contribution in [3.63, 3.8) is 0 Å². The third kappa shape index (κ3) is 11.8. The summed E-state index contributed by atoms with van der Waals surface area (Å²) in [6.45, 7) is 7.61. The standard InChI is InChI=1S/C33H57NO5/c1-4-5-6-7-8-9-10-11-12-13-14-15-16-20-24-34-28(23-25-35)29-30(36-26-27-21-18-17-19-22-27)31-32(37-29)39-33(2,3)38-31/h17-19,21-22,28-32,34-35H,4-16,20,23-26H2,1-3H3/t28?,29?,30-,31?,32?/m1/s1. The lowest BCUT2D eigenvalue weighted by Gasteiger charge is -2.31. The zero-order valence-corrected chi connectivity index (χ0v) is 25.1. The van der Waals surface area contributed by atoms with Crippen molar-refractivity contribution in [1.29, 1.82) is 0 Å². The summed E-state index contributed by atoms with van der Waals surface area (Å²) >= 11 is 0. The van der Waals surface area contributed by atoms with E-state index in [1.807, 2.05) is 32.0 Å². The Labute approximate surface area is 238 Å². The molecule has 2 aliphatic heterocycles. The first-order chi connectivity index (χ1) is 19.0. The van der Waals surface area contributed by atoms with Crippen LogP contribution in [-0.4, -0.2) is 54.7 Å². The van der Waals surface area contributed by atoms with Crippen molar-refractivity contribution < 1.29 is 24.1 Å². The zero-order chi connectivity index (χ0) is 27.8. The van der Waals surface area contributed by atoms with Gasteiger partial charge in [0.25, 0.3) is 0 Å². The molecule has 2 heterocycles. The zero-order valence-electron chi connectivity index (χ0n) is 25.1. The maximum absolute atomic E-state index is 9.80. The van der Waals surface area contributed by atoms with Crippen LogP contribution in [0.15, 0.2) is 30.3 Å². The molecule has 0 aromatic heterocycles. The highest BCUT2D eigenvalue weighted by Gasteiger charge is 2.56. The van der Waals surface area contributed by atoms with E-state index in [4.69, 9.17) is 18.9 Å². The Hall–Kier alpha value is -1.02. The van der Waals surface area contributed by atoms with E-state index in [1.54, 1.807) is 0 Å². The molecule has 4 unspecified atom stereocenters. The summed E-state index contributed by atoms with van der Waals surface area (Å²) in [5, 5.41) is 13.5. The Morgan fingerprint density at radius 2 is 1.44 bits per heavy atom. The fraction of sp³-hybridized carbons (Fsp3) is 0.818. The quantitative estimate of drug-likeness (QED) is 0.149. The lowest BCUT2D eigenvalue weighted by Crippen LogP contribution is -2.49. The Bertz CT molecular complexity index is 745. The molecule has 0 spiro atoms. The van der Waals surface area contributed by atoms with Crippen LogP contribution in [0, 0.1) is 0 Å². The van der Waals surface area contributed by atoms with Crippen LogP contribution < -0.4 is 5.32 Å². The first-order valence-corrected chi connectivity index (χ1v) is 16.0. The number of fused-ring (bicyclic) bond motifs is 1. The number of hydrogen-bond acceptors (Lipinski definition) is 6. The van der Waals surface area contributed by atoms with Crippen LogP contribution >= 0.6 is 0 Å². The lowest BCUT2D eigenvalue weighted by molar-refractivity contribution is -0.222. The topological polar surface area (TPSA) is 69.2 Å². The van der Waals surface area contributed by atoms with Crippen LogP contribution in [0.3, 0.4) is 0 Å². The number of rotatable bonds is 22. The summed E-state index contributed by atoms with van der Waals surface area (Å²) < 4.78 is 25.0. The second kappa shape index (κ2) is 18.4. The van der Waals surface area contributed by atoms with Gasteiger partial charge in [0.15, 0.2) is 12.1 Å². The van der Waals surface area contributed by atoms with E-state index in [2.05, 4.69) is 24.4 Å². The molecule has 0 bridgehead atoms. The maximum Gasteiger partial charge on any atom is 0.190 e. The maximum atomic E-state index is 9.80. The minimum absolute atomic E-state index is 0.0151. The molecule has 39 heavy (non-hydrogen) atoms. The Morgan fingerprint density at radius 1 is 0.846 bits per heavy atom. The number of aliphatic hydroxyl groups is 1. The van der Waals surface area contributed by atoms with E-state index in [-0.39, 0.29) is 31.0 Å². The number of ether oxygens (including phenoxy) is 4. The second-order valence-corrected chi connectivity index (χ2v) is 12.0. The molecule has 0 amide bonds. The van der Waals surface area contributed by atoms with Crippen molar-refractivity contribution in [3.8, 4) is 0 Å². The summed E-state index contributed by atoms with van der Waals surface area (Å²) in [5.41, 5.74) is 1.12. The average Bonchev–Trinajstić information content (AvgIpc) is 3.41. The summed E-state index contributed by atoms with van der Waals surface area (Å²) in [5.74, 6) is -0.692. The number of nitrogens with one attached hydrogen (secondary N) is 1. The minimum Gasteiger partial charge on any atom is -0.396 e. The third-order valence-corrected chi connectivity index (χ3v) is 8.09. The molecule has 0 aliphatic carbocycles. The van der Waals surface area contributed by atoms with E-state index in [1.165, 1.54) is 83.5 Å². The smallest absolute Gasteiger partial charge is 0.190 e. The van der Waals surface area contributed by atoms with Gasteiger partial charge < -0.3 is 29.4 Å². The highest BCUT2D eigenvalue weighted by molar-refractivity contribution is 5.13. The second-order valence-electron chi connectivity index (χ2n) is 12.0. The molecular weight excluding hydrogens is 490 g/mol. The van der Waals surface area contributed by atoms with Gasteiger partial charge in [0.2, 0.25) is 0 Å². The number of hydrogen-bond donors (Lipinski definition) is 2. The van der Waals surface area contributed by atoms with Gasteiger partial charge in [-0.15, -0.1) is 0 Å². The number of aliphatic hydroxyl groups excluding tert-OH is 1. The van der Waals surface area contributed by atoms with Crippen molar-refractivity contribution in [2.45, 2.75) is 160 Å². The molecule has 6 nitrogen and oxygen atoms in total. The predicted octanol–water partition coefficient (Wildman–Crippen LogP) is 7.27. The molecule has 3 rings (SSSR count). The van der Waals surface area contributed by atoms with E-state index in [0.717, 1.165) is 18.5 Å². The molecule has 224 valence electrons. The van der Waals surface area contributed by atoms with E-state index in [0.29, 0.717) is 13.0 Å². The van der Waals surface area contributed by atoms with Crippen LogP contribution in [-0.2, 0) is 25.6 Å². The Balaban J connectivity index is 1.33. The molecule has 2 N–H and O–H groups in total. The number of benzene rings is 1.